The van der Waals surface area contributed by atoms with E-state index in [-0.39, 0.29) is 18.2 Å². The van der Waals surface area contributed by atoms with Crippen LogP contribution in [-0.4, -0.2) is 19.1 Å². The van der Waals surface area contributed by atoms with Crippen LogP contribution in [0.5, 0.6) is 0 Å². The highest BCUT2D eigenvalue weighted by Crippen LogP contribution is 2.25. The van der Waals surface area contributed by atoms with Crippen molar-refractivity contribution in [2.24, 2.45) is 0 Å². The molecule has 1 heterocycles. The third kappa shape index (κ3) is 4.86. The van der Waals surface area contributed by atoms with E-state index in [4.69, 9.17) is 9.15 Å². The molecule has 0 radical (unpaired) electrons. The van der Waals surface area contributed by atoms with Crippen LogP contribution in [0.2, 0.25) is 0 Å². The monoisotopic (exact) mass is 393 g/mol. The zero-order chi connectivity index (χ0) is 20.8. The normalized spacial score (nSPS) is 10.9. The van der Waals surface area contributed by atoms with E-state index in [0.717, 1.165) is 41.7 Å². The Balaban J connectivity index is 1.84. The summed E-state index contributed by atoms with van der Waals surface area (Å²) in [5.74, 6) is -0.198. The van der Waals surface area contributed by atoms with E-state index in [9.17, 15) is 9.59 Å². The van der Waals surface area contributed by atoms with Gasteiger partial charge in [0, 0.05) is 36.7 Å². The first kappa shape index (κ1) is 20.6. The first-order valence-corrected chi connectivity index (χ1v) is 10.1. The Labute approximate surface area is 170 Å². The summed E-state index contributed by atoms with van der Waals surface area (Å²) in [6.07, 6.45) is 1.19. The number of ether oxygens (including phenoxy) is 1. The van der Waals surface area contributed by atoms with Crippen LogP contribution in [0, 0.1) is 0 Å². The van der Waals surface area contributed by atoms with Crippen molar-refractivity contribution >= 4 is 22.6 Å². The number of benzene rings is 2. The number of anilines is 1. The third-order valence-electron chi connectivity index (χ3n) is 4.97. The smallest absolute Gasteiger partial charge is 0.344 e. The topological polar surface area (TPSA) is 59.8 Å². The van der Waals surface area contributed by atoms with Crippen LogP contribution in [0.15, 0.2) is 57.7 Å². The van der Waals surface area contributed by atoms with Crippen molar-refractivity contribution in [3.05, 3.63) is 64.5 Å². The van der Waals surface area contributed by atoms with Crippen LogP contribution in [0.3, 0.4) is 0 Å². The molecule has 0 aliphatic carbocycles. The summed E-state index contributed by atoms with van der Waals surface area (Å²) in [6, 6.07) is 15.2. The molecule has 29 heavy (non-hydrogen) atoms. The minimum atomic E-state index is -0.365. The summed E-state index contributed by atoms with van der Waals surface area (Å²) in [7, 11) is 0. The largest absolute Gasteiger partial charge is 0.461 e. The fraction of sp³-hybridized carbons (Fsp3) is 0.333. The lowest BCUT2D eigenvalue weighted by molar-refractivity contribution is -0.144. The highest BCUT2D eigenvalue weighted by molar-refractivity contribution is 5.84. The lowest BCUT2D eigenvalue weighted by Gasteiger charge is -2.21. The Morgan fingerprint density at radius 3 is 2.38 bits per heavy atom. The van der Waals surface area contributed by atoms with Gasteiger partial charge in [-0.25, -0.2) is 4.79 Å². The van der Waals surface area contributed by atoms with Gasteiger partial charge in [0.15, 0.2) is 0 Å². The highest BCUT2D eigenvalue weighted by atomic mass is 16.5. The quantitative estimate of drug-likeness (QED) is 0.391. The highest BCUT2D eigenvalue weighted by Gasteiger charge is 2.10. The van der Waals surface area contributed by atoms with Gasteiger partial charge in [-0.05, 0) is 49.6 Å². The number of esters is 1. The van der Waals surface area contributed by atoms with Gasteiger partial charge in [0.2, 0.25) is 0 Å². The summed E-state index contributed by atoms with van der Waals surface area (Å²) in [4.78, 5) is 26.3. The van der Waals surface area contributed by atoms with Crippen LogP contribution < -0.4 is 10.5 Å². The van der Waals surface area contributed by atoms with Crippen molar-refractivity contribution in [3.8, 4) is 11.1 Å². The molecule has 0 fully saturated rings. The van der Waals surface area contributed by atoms with Crippen LogP contribution in [0.1, 0.15) is 39.2 Å². The number of hydrogen-bond donors (Lipinski definition) is 0. The Morgan fingerprint density at radius 1 is 1.00 bits per heavy atom. The molecule has 0 unspecified atom stereocenters. The molecule has 152 valence electrons. The fourth-order valence-corrected chi connectivity index (χ4v) is 3.31. The molecule has 5 nitrogen and oxygen atoms in total. The second-order valence-electron chi connectivity index (χ2n) is 6.95. The van der Waals surface area contributed by atoms with Crippen molar-refractivity contribution in [1.82, 2.24) is 0 Å². The van der Waals surface area contributed by atoms with Gasteiger partial charge in [-0.15, -0.1) is 0 Å². The third-order valence-corrected chi connectivity index (χ3v) is 4.97. The second kappa shape index (κ2) is 9.41. The zero-order valence-electron chi connectivity index (χ0n) is 17.2. The lowest BCUT2D eigenvalue weighted by atomic mass is 10.0. The van der Waals surface area contributed by atoms with Crippen LogP contribution in [-0.2, 0) is 16.1 Å². The molecule has 0 aliphatic heterocycles. The molecular formula is C24H27NO4. The van der Waals surface area contributed by atoms with E-state index in [2.05, 4.69) is 18.7 Å². The van der Waals surface area contributed by atoms with Gasteiger partial charge < -0.3 is 14.1 Å². The number of nitrogens with zero attached hydrogens (tertiary/aromatic N) is 1. The Hall–Kier alpha value is -3.08. The number of fused-ring (bicyclic) bond motifs is 1. The molecule has 0 atom stereocenters. The predicted octanol–water partition coefficient (Wildman–Crippen LogP) is 5.15. The van der Waals surface area contributed by atoms with Crippen LogP contribution in [0.25, 0.3) is 22.1 Å². The first-order chi connectivity index (χ1) is 14.0. The van der Waals surface area contributed by atoms with Gasteiger partial charge in [0.1, 0.15) is 12.2 Å². The van der Waals surface area contributed by atoms with Crippen molar-refractivity contribution in [1.29, 1.82) is 0 Å². The molecule has 0 aliphatic rings. The Morgan fingerprint density at radius 2 is 1.72 bits per heavy atom. The van der Waals surface area contributed by atoms with E-state index >= 15 is 0 Å². The SMILES string of the molecule is CCCC(=O)OCc1ccc(-c2cc3ccc(N(CC)CC)cc3oc2=O)cc1. The standard InChI is InChI=1S/C24H27NO4/c1-4-7-23(26)28-16-17-8-10-18(11-9-17)21-14-19-12-13-20(25(5-2)6-3)15-22(19)29-24(21)27/h8-15H,4-7,16H2,1-3H3. The molecule has 0 saturated heterocycles. The average molecular weight is 393 g/mol. The van der Waals surface area contributed by atoms with Crippen molar-refractivity contribution in [2.45, 2.75) is 40.2 Å². The molecule has 0 spiro atoms. The van der Waals surface area contributed by atoms with Gasteiger partial charge in [-0.2, -0.15) is 0 Å². The fourth-order valence-electron chi connectivity index (χ4n) is 3.31. The van der Waals surface area contributed by atoms with Gasteiger partial charge >= 0.3 is 11.6 Å². The molecular weight excluding hydrogens is 366 g/mol. The predicted molar refractivity (Wildman–Crippen MR) is 116 cm³/mol. The van der Waals surface area contributed by atoms with Crippen LogP contribution >= 0.6 is 0 Å². The van der Waals surface area contributed by atoms with E-state index in [1.54, 1.807) is 0 Å². The maximum Gasteiger partial charge on any atom is 0.344 e. The number of carbonyl (C=O) groups excluding carboxylic acids is 1. The molecule has 1 aromatic heterocycles. The average Bonchev–Trinajstić information content (AvgIpc) is 2.73. The maximum atomic E-state index is 12.6. The first-order valence-electron chi connectivity index (χ1n) is 10.1. The van der Waals surface area contributed by atoms with Crippen LogP contribution in [0.4, 0.5) is 5.69 Å². The summed E-state index contributed by atoms with van der Waals surface area (Å²) in [6.45, 7) is 8.16. The molecule has 2 aromatic carbocycles. The molecule has 5 heteroatoms. The second-order valence-corrected chi connectivity index (χ2v) is 6.95. The van der Waals surface area contributed by atoms with E-state index in [0.29, 0.717) is 17.6 Å². The molecule has 0 saturated carbocycles. The van der Waals surface area contributed by atoms with Gasteiger partial charge in [0.25, 0.3) is 0 Å². The molecule has 3 rings (SSSR count). The maximum absolute atomic E-state index is 12.6. The van der Waals surface area contributed by atoms with Gasteiger partial charge in [0.05, 0.1) is 5.56 Å². The molecule has 0 bridgehead atoms. The summed E-state index contributed by atoms with van der Waals surface area (Å²) >= 11 is 0. The number of rotatable bonds is 8. The van der Waals surface area contributed by atoms with E-state index in [1.165, 1.54) is 0 Å². The van der Waals surface area contributed by atoms with Crippen molar-refractivity contribution < 1.29 is 13.9 Å². The van der Waals surface area contributed by atoms with E-state index < -0.39 is 0 Å². The van der Waals surface area contributed by atoms with Gasteiger partial charge in [-0.1, -0.05) is 31.2 Å². The Kier molecular flexibility index (Phi) is 6.70. The zero-order valence-corrected chi connectivity index (χ0v) is 17.2. The summed E-state index contributed by atoms with van der Waals surface area (Å²) in [5.41, 5.74) is 3.44. The minimum absolute atomic E-state index is 0.198. The van der Waals surface area contributed by atoms with E-state index in [1.807, 2.05) is 55.5 Å². The van der Waals surface area contributed by atoms with Crippen molar-refractivity contribution in [2.75, 3.05) is 18.0 Å². The molecule has 0 amide bonds. The van der Waals surface area contributed by atoms with Crippen molar-refractivity contribution in [3.63, 3.8) is 0 Å². The number of carbonyl (C=O) groups is 1. The molecule has 3 aromatic rings. The summed E-state index contributed by atoms with van der Waals surface area (Å²) < 4.78 is 10.8. The lowest BCUT2D eigenvalue weighted by Crippen LogP contribution is -2.21. The minimum Gasteiger partial charge on any atom is -0.461 e. The number of hydrogen-bond acceptors (Lipinski definition) is 5. The Bertz CT molecular complexity index is 1030. The van der Waals surface area contributed by atoms with Gasteiger partial charge in [-0.3, -0.25) is 4.79 Å². The summed E-state index contributed by atoms with van der Waals surface area (Å²) in [5, 5.41) is 0.882. The molecule has 0 N–H and O–H groups in total.